The Labute approximate surface area is 121 Å². The summed E-state index contributed by atoms with van der Waals surface area (Å²) in [6.45, 7) is 6.86. The van der Waals surface area contributed by atoms with E-state index in [1.54, 1.807) is 11.8 Å². The van der Waals surface area contributed by atoms with Crippen molar-refractivity contribution in [3.63, 3.8) is 0 Å². The molecule has 0 spiro atoms. The smallest absolute Gasteiger partial charge is 0.317 e. The van der Waals surface area contributed by atoms with Crippen molar-refractivity contribution in [1.29, 1.82) is 0 Å². The highest BCUT2D eigenvalue weighted by Gasteiger charge is 2.41. The number of carbonyl (C=O) groups is 2. The van der Waals surface area contributed by atoms with Crippen LogP contribution in [0.5, 0.6) is 0 Å². The van der Waals surface area contributed by atoms with Crippen molar-refractivity contribution in [3.05, 3.63) is 12.7 Å². The molecular weight excluding hydrogens is 256 g/mol. The van der Waals surface area contributed by atoms with Gasteiger partial charge in [-0.2, -0.15) is 0 Å². The molecule has 1 heterocycles. The van der Waals surface area contributed by atoms with Crippen LogP contribution in [0.25, 0.3) is 0 Å². The summed E-state index contributed by atoms with van der Waals surface area (Å²) < 4.78 is 0. The van der Waals surface area contributed by atoms with Gasteiger partial charge in [0.1, 0.15) is 0 Å². The number of aliphatic carboxylic acids is 1. The zero-order valence-corrected chi connectivity index (χ0v) is 12.4. The van der Waals surface area contributed by atoms with E-state index in [1.165, 1.54) is 0 Å². The van der Waals surface area contributed by atoms with E-state index in [-0.39, 0.29) is 6.03 Å². The van der Waals surface area contributed by atoms with Crippen molar-refractivity contribution in [3.8, 4) is 0 Å². The average Bonchev–Trinajstić information content (AvgIpc) is 2.82. The number of nitrogens with zero attached hydrogens (tertiary/aromatic N) is 1. The number of amides is 2. The Bertz CT molecular complexity index is 357. The van der Waals surface area contributed by atoms with Gasteiger partial charge in [-0.15, -0.1) is 6.58 Å². The number of hydrogen-bond donors (Lipinski definition) is 2. The van der Waals surface area contributed by atoms with Gasteiger partial charge in [-0.3, -0.25) is 4.79 Å². The molecule has 1 aliphatic rings. The lowest BCUT2D eigenvalue weighted by molar-refractivity contribution is -0.146. The number of hydrogen-bond acceptors (Lipinski definition) is 2. The first-order valence-corrected chi connectivity index (χ1v) is 7.37. The van der Waals surface area contributed by atoms with E-state index in [2.05, 4.69) is 11.9 Å². The molecule has 0 aliphatic carbocycles. The predicted molar refractivity (Wildman–Crippen MR) is 78.6 cm³/mol. The van der Waals surface area contributed by atoms with Crippen molar-refractivity contribution in [2.75, 3.05) is 19.6 Å². The first-order valence-electron chi connectivity index (χ1n) is 7.37. The van der Waals surface area contributed by atoms with Gasteiger partial charge in [-0.1, -0.05) is 18.9 Å². The van der Waals surface area contributed by atoms with Crippen LogP contribution in [0.4, 0.5) is 4.79 Å². The lowest BCUT2D eigenvalue weighted by atomic mass is 9.90. The van der Waals surface area contributed by atoms with E-state index in [1.807, 2.05) is 6.08 Å². The van der Waals surface area contributed by atoms with Crippen LogP contribution in [0.3, 0.4) is 0 Å². The minimum atomic E-state index is -0.824. The van der Waals surface area contributed by atoms with Crippen LogP contribution in [0.15, 0.2) is 12.7 Å². The van der Waals surface area contributed by atoms with Gasteiger partial charge in [0.05, 0.1) is 5.41 Å². The van der Waals surface area contributed by atoms with E-state index in [9.17, 15) is 9.59 Å². The Hall–Kier alpha value is -1.52. The van der Waals surface area contributed by atoms with Gasteiger partial charge in [0.25, 0.3) is 0 Å². The first-order chi connectivity index (χ1) is 9.49. The lowest BCUT2D eigenvalue weighted by Crippen LogP contribution is -2.41. The van der Waals surface area contributed by atoms with Gasteiger partial charge in [0.2, 0.25) is 0 Å². The third-order valence-electron chi connectivity index (χ3n) is 3.89. The number of rotatable bonds is 8. The van der Waals surface area contributed by atoms with Gasteiger partial charge in [-0.25, -0.2) is 4.79 Å². The third kappa shape index (κ3) is 4.87. The summed E-state index contributed by atoms with van der Waals surface area (Å²) in [5, 5.41) is 12.0. The van der Waals surface area contributed by atoms with E-state index in [0.717, 1.165) is 32.1 Å². The number of urea groups is 1. The standard InChI is InChI=1S/C15H26N2O3/c1-3-4-5-6-7-8-10-16-14(20)17-11-9-15(2,12-17)13(18)19/h3H,1,4-12H2,2H3,(H,16,20)(H,18,19). The molecule has 1 saturated heterocycles. The summed E-state index contributed by atoms with van der Waals surface area (Å²) in [4.78, 5) is 24.6. The van der Waals surface area contributed by atoms with Crippen LogP contribution < -0.4 is 5.32 Å². The number of unbranched alkanes of at least 4 members (excludes halogenated alkanes) is 4. The number of likely N-dealkylation sites (tertiary alicyclic amines) is 1. The molecule has 1 fully saturated rings. The van der Waals surface area contributed by atoms with Gasteiger partial charge >= 0.3 is 12.0 Å². The van der Waals surface area contributed by atoms with Crippen LogP contribution in [0.1, 0.15) is 45.4 Å². The van der Waals surface area contributed by atoms with Crippen LogP contribution in [0, 0.1) is 5.41 Å². The normalized spacial score (nSPS) is 21.8. The maximum Gasteiger partial charge on any atom is 0.317 e. The fraction of sp³-hybridized carbons (Fsp3) is 0.733. The molecule has 0 aromatic heterocycles. The van der Waals surface area contributed by atoms with Gasteiger partial charge < -0.3 is 15.3 Å². The summed E-state index contributed by atoms with van der Waals surface area (Å²) in [5.74, 6) is -0.824. The summed E-state index contributed by atoms with van der Waals surface area (Å²) >= 11 is 0. The highest BCUT2D eigenvalue weighted by molar-refractivity contribution is 5.79. The average molecular weight is 282 g/mol. The number of carbonyl (C=O) groups excluding carboxylic acids is 1. The summed E-state index contributed by atoms with van der Waals surface area (Å²) in [6.07, 6.45) is 7.87. The highest BCUT2D eigenvalue weighted by atomic mass is 16.4. The molecule has 1 rings (SSSR count). The molecule has 0 radical (unpaired) electrons. The number of carboxylic acid groups (broad SMARTS) is 1. The van der Waals surface area contributed by atoms with E-state index >= 15 is 0 Å². The van der Waals surface area contributed by atoms with E-state index in [4.69, 9.17) is 5.11 Å². The third-order valence-corrected chi connectivity index (χ3v) is 3.89. The molecule has 20 heavy (non-hydrogen) atoms. The number of allylic oxidation sites excluding steroid dienone is 1. The van der Waals surface area contributed by atoms with Gasteiger partial charge in [0.15, 0.2) is 0 Å². The zero-order valence-electron chi connectivity index (χ0n) is 12.4. The molecule has 114 valence electrons. The van der Waals surface area contributed by atoms with Crippen LogP contribution in [0.2, 0.25) is 0 Å². The van der Waals surface area contributed by atoms with Crippen molar-refractivity contribution in [1.82, 2.24) is 10.2 Å². The molecule has 5 nitrogen and oxygen atoms in total. The molecular formula is C15H26N2O3. The minimum Gasteiger partial charge on any atom is -0.481 e. The molecule has 0 bridgehead atoms. The van der Waals surface area contributed by atoms with Crippen LogP contribution in [-0.2, 0) is 4.79 Å². The lowest BCUT2D eigenvalue weighted by Gasteiger charge is -2.20. The van der Waals surface area contributed by atoms with Crippen LogP contribution >= 0.6 is 0 Å². The minimum absolute atomic E-state index is 0.138. The van der Waals surface area contributed by atoms with E-state index in [0.29, 0.717) is 26.1 Å². The molecule has 2 N–H and O–H groups in total. The maximum absolute atomic E-state index is 11.9. The molecule has 5 heteroatoms. The fourth-order valence-electron chi connectivity index (χ4n) is 2.38. The summed E-state index contributed by atoms with van der Waals surface area (Å²) in [7, 11) is 0. The van der Waals surface area contributed by atoms with Gasteiger partial charge in [0, 0.05) is 19.6 Å². The second-order valence-corrected chi connectivity index (χ2v) is 5.76. The van der Waals surface area contributed by atoms with E-state index < -0.39 is 11.4 Å². The second-order valence-electron chi connectivity index (χ2n) is 5.76. The number of carboxylic acids is 1. The highest BCUT2D eigenvalue weighted by Crippen LogP contribution is 2.29. The Morgan fingerprint density at radius 1 is 1.35 bits per heavy atom. The molecule has 0 saturated carbocycles. The van der Waals surface area contributed by atoms with Crippen molar-refractivity contribution < 1.29 is 14.7 Å². The Balaban J connectivity index is 2.15. The Morgan fingerprint density at radius 3 is 2.65 bits per heavy atom. The monoisotopic (exact) mass is 282 g/mol. The fourth-order valence-corrected chi connectivity index (χ4v) is 2.38. The van der Waals surface area contributed by atoms with Crippen LogP contribution in [-0.4, -0.2) is 41.6 Å². The Morgan fingerprint density at radius 2 is 2.05 bits per heavy atom. The summed E-state index contributed by atoms with van der Waals surface area (Å²) in [6, 6.07) is -0.138. The van der Waals surface area contributed by atoms with Gasteiger partial charge in [-0.05, 0) is 32.6 Å². The topological polar surface area (TPSA) is 69.6 Å². The Kier molecular flexibility index (Phi) is 6.55. The predicted octanol–water partition coefficient (Wildman–Crippen LogP) is 2.63. The maximum atomic E-state index is 11.9. The molecule has 1 atom stereocenters. The SMILES string of the molecule is C=CCCCCCCNC(=O)N1CCC(C)(C(=O)O)C1. The second kappa shape index (κ2) is 7.92. The quantitative estimate of drug-likeness (QED) is 0.531. The zero-order chi connectivity index (χ0) is 15.0. The molecule has 0 aromatic rings. The van der Waals surface area contributed by atoms with Crippen molar-refractivity contribution >= 4 is 12.0 Å². The van der Waals surface area contributed by atoms with Crippen molar-refractivity contribution in [2.45, 2.75) is 45.4 Å². The largest absolute Gasteiger partial charge is 0.481 e. The molecule has 2 amide bonds. The number of nitrogens with one attached hydrogen (secondary N) is 1. The molecule has 0 aromatic carbocycles. The molecule has 1 aliphatic heterocycles. The molecule has 1 unspecified atom stereocenters. The summed E-state index contributed by atoms with van der Waals surface area (Å²) in [5.41, 5.74) is -0.790. The first kappa shape index (κ1) is 16.5. The van der Waals surface area contributed by atoms with Crippen molar-refractivity contribution in [2.24, 2.45) is 5.41 Å².